The Hall–Kier alpha value is -1.00. The van der Waals surface area contributed by atoms with Crippen molar-refractivity contribution in [3.63, 3.8) is 0 Å². The SMILES string of the molecule is CC(=O)[C@H]1C[C@@H](O)[C@H]2[C@@H]3CCC4=CC(=O)CC[C@]4(C)[C@H]3[C@@H](O)C[C@@]21C. The van der Waals surface area contributed by atoms with Crippen molar-refractivity contribution < 1.29 is 19.8 Å². The molecule has 4 aliphatic carbocycles. The van der Waals surface area contributed by atoms with Crippen LogP contribution in [-0.2, 0) is 9.59 Å². The lowest BCUT2D eigenvalue weighted by molar-refractivity contribution is -0.151. The Labute approximate surface area is 149 Å². The molecule has 0 aromatic heterocycles. The number of aliphatic hydroxyl groups excluding tert-OH is 2. The minimum atomic E-state index is -0.472. The Morgan fingerprint density at radius 1 is 1.16 bits per heavy atom. The van der Waals surface area contributed by atoms with E-state index in [2.05, 4.69) is 13.8 Å². The van der Waals surface area contributed by atoms with Crippen LogP contribution < -0.4 is 0 Å². The number of ketones is 2. The van der Waals surface area contributed by atoms with Gasteiger partial charge >= 0.3 is 0 Å². The van der Waals surface area contributed by atoms with E-state index in [0.717, 1.165) is 19.3 Å². The second kappa shape index (κ2) is 5.50. The monoisotopic (exact) mass is 346 g/mol. The number of aliphatic hydroxyl groups is 2. The first-order valence-electron chi connectivity index (χ1n) is 9.79. The normalized spacial score (nSPS) is 52.0. The van der Waals surface area contributed by atoms with Gasteiger partial charge in [-0.3, -0.25) is 9.59 Å². The third kappa shape index (κ3) is 2.26. The van der Waals surface area contributed by atoms with Crippen LogP contribution in [0.5, 0.6) is 0 Å². The van der Waals surface area contributed by atoms with Crippen LogP contribution in [-0.4, -0.2) is 34.0 Å². The number of carbonyl (C=O) groups is 2. The zero-order chi connectivity index (χ0) is 18.1. The van der Waals surface area contributed by atoms with Crippen molar-refractivity contribution >= 4 is 11.6 Å². The molecule has 4 nitrogen and oxygen atoms in total. The third-order valence-corrected chi connectivity index (χ3v) is 8.37. The predicted octanol–water partition coefficient (Wildman–Crippen LogP) is 2.67. The van der Waals surface area contributed by atoms with Crippen LogP contribution in [0.4, 0.5) is 0 Å². The molecule has 4 heteroatoms. The van der Waals surface area contributed by atoms with Crippen molar-refractivity contribution in [2.24, 2.45) is 34.5 Å². The van der Waals surface area contributed by atoms with Gasteiger partial charge in [-0.05, 0) is 73.7 Å². The number of carbonyl (C=O) groups excluding carboxylic acids is 2. The number of Topliss-reactive ketones (excluding diaryl/α,β-unsaturated/α-hetero) is 1. The lowest BCUT2D eigenvalue weighted by Crippen LogP contribution is -2.58. The number of hydrogen-bond donors (Lipinski definition) is 2. The molecule has 0 unspecified atom stereocenters. The van der Waals surface area contributed by atoms with E-state index >= 15 is 0 Å². The highest BCUT2D eigenvalue weighted by atomic mass is 16.3. The van der Waals surface area contributed by atoms with Crippen molar-refractivity contribution in [2.75, 3.05) is 0 Å². The van der Waals surface area contributed by atoms with Crippen molar-refractivity contribution in [1.29, 1.82) is 0 Å². The van der Waals surface area contributed by atoms with Gasteiger partial charge in [0.1, 0.15) is 5.78 Å². The molecule has 2 N–H and O–H groups in total. The second-order valence-corrected chi connectivity index (χ2v) is 9.55. The summed E-state index contributed by atoms with van der Waals surface area (Å²) in [6.07, 6.45) is 5.13. The van der Waals surface area contributed by atoms with Crippen LogP contribution in [0, 0.1) is 34.5 Å². The number of rotatable bonds is 1. The maximum absolute atomic E-state index is 12.2. The summed E-state index contributed by atoms with van der Waals surface area (Å²) in [6, 6.07) is 0. The van der Waals surface area contributed by atoms with Gasteiger partial charge in [-0.1, -0.05) is 19.4 Å². The standard InChI is InChI=1S/C21H30O4/c1-11(22)15-9-16(24)18-14-5-4-12-8-13(23)6-7-20(12,2)19(14)17(25)10-21(15,18)3/h8,14-19,24-25H,4-7,9-10H2,1-3H3/t14-,15+,16+,17-,18+,19+,20-,21+/m0/s1. The maximum atomic E-state index is 12.2. The summed E-state index contributed by atoms with van der Waals surface area (Å²) in [4.78, 5) is 24.1. The smallest absolute Gasteiger partial charge is 0.155 e. The molecule has 138 valence electrons. The van der Waals surface area contributed by atoms with E-state index in [1.165, 1.54) is 5.57 Å². The van der Waals surface area contributed by atoms with Crippen LogP contribution >= 0.6 is 0 Å². The fraction of sp³-hybridized carbons (Fsp3) is 0.810. The predicted molar refractivity (Wildman–Crippen MR) is 93.7 cm³/mol. The molecule has 3 fully saturated rings. The molecular formula is C21H30O4. The van der Waals surface area contributed by atoms with E-state index in [9.17, 15) is 19.8 Å². The summed E-state index contributed by atoms with van der Waals surface area (Å²) in [5.41, 5.74) is 0.739. The van der Waals surface area contributed by atoms with Gasteiger partial charge < -0.3 is 10.2 Å². The first kappa shape index (κ1) is 17.4. The Balaban J connectivity index is 1.76. The van der Waals surface area contributed by atoms with Crippen LogP contribution in [0.25, 0.3) is 0 Å². The van der Waals surface area contributed by atoms with Crippen LogP contribution in [0.2, 0.25) is 0 Å². The van der Waals surface area contributed by atoms with Gasteiger partial charge in [0.15, 0.2) is 5.78 Å². The topological polar surface area (TPSA) is 74.6 Å². The molecule has 0 aromatic rings. The van der Waals surface area contributed by atoms with E-state index in [-0.39, 0.29) is 46.1 Å². The molecule has 8 atom stereocenters. The highest BCUT2D eigenvalue weighted by molar-refractivity contribution is 5.91. The van der Waals surface area contributed by atoms with Gasteiger partial charge in [0, 0.05) is 12.3 Å². The summed E-state index contributed by atoms with van der Waals surface area (Å²) in [6.45, 7) is 5.94. The molecule has 0 amide bonds. The zero-order valence-electron chi connectivity index (χ0n) is 15.5. The molecule has 0 spiro atoms. The Morgan fingerprint density at radius 3 is 2.56 bits per heavy atom. The molecule has 0 bridgehead atoms. The van der Waals surface area contributed by atoms with Gasteiger partial charge in [-0.25, -0.2) is 0 Å². The lowest BCUT2D eigenvalue weighted by Gasteiger charge is -2.60. The molecule has 0 saturated heterocycles. The molecule has 0 radical (unpaired) electrons. The number of fused-ring (bicyclic) bond motifs is 5. The number of allylic oxidation sites excluding steroid dienone is 1. The number of hydrogen-bond acceptors (Lipinski definition) is 4. The van der Waals surface area contributed by atoms with Crippen molar-refractivity contribution in [3.05, 3.63) is 11.6 Å². The Kier molecular flexibility index (Phi) is 3.83. The van der Waals surface area contributed by atoms with E-state index in [1.54, 1.807) is 6.92 Å². The van der Waals surface area contributed by atoms with E-state index in [1.807, 2.05) is 6.08 Å². The molecule has 0 heterocycles. The average Bonchev–Trinajstić information content (AvgIpc) is 2.78. The van der Waals surface area contributed by atoms with Crippen LogP contribution in [0.1, 0.15) is 59.3 Å². The summed E-state index contributed by atoms with van der Waals surface area (Å²) in [5, 5.41) is 22.0. The van der Waals surface area contributed by atoms with Gasteiger partial charge in [-0.15, -0.1) is 0 Å². The fourth-order valence-electron chi connectivity index (χ4n) is 7.39. The Bertz CT molecular complexity index is 652. The molecule has 25 heavy (non-hydrogen) atoms. The summed E-state index contributed by atoms with van der Waals surface area (Å²) < 4.78 is 0. The highest BCUT2D eigenvalue weighted by Gasteiger charge is 2.65. The van der Waals surface area contributed by atoms with Crippen molar-refractivity contribution in [3.8, 4) is 0 Å². The van der Waals surface area contributed by atoms with Crippen LogP contribution in [0.15, 0.2) is 11.6 Å². The van der Waals surface area contributed by atoms with Crippen LogP contribution in [0.3, 0.4) is 0 Å². The third-order valence-electron chi connectivity index (χ3n) is 8.37. The lowest BCUT2D eigenvalue weighted by atomic mass is 9.45. The maximum Gasteiger partial charge on any atom is 0.155 e. The minimum Gasteiger partial charge on any atom is -0.393 e. The van der Waals surface area contributed by atoms with Crippen molar-refractivity contribution in [2.45, 2.75) is 71.5 Å². The second-order valence-electron chi connectivity index (χ2n) is 9.55. The molecule has 0 aromatic carbocycles. The zero-order valence-corrected chi connectivity index (χ0v) is 15.5. The quantitative estimate of drug-likeness (QED) is 0.765. The molecule has 0 aliphatic heterocycles. The van der Waals surface area contributed by atoms with Gasteiger partial charge in [0.2, 0.25) is 0 Å². The van der Waals surface area contributed by atoms with Gasteiger partial charge in [-0.2, -0.15) is 0 Å². The van der Waals surface area contributed by atoms with Crippen molar-refractivity contribution in [1.82, 2.24) is 0 Å². The van der Waals surface area contributed by atoms with Gasteiger partial charge in [0.25, 0.3) is 0 Å². The molecule has 3 saturated carbocycles. The summed E-state index contributed by atoms with van der Waals surface area (Å²) >= 11 is 0. The first-order chi connectivity index (χ1) is 11.7. The highest BCUT2D eigenvalue weighted by Crippen LogP contribution is 2.66. The first-order valence-corrected chi connectivity index (χ1v) is 9.79. The summed E-state index contributed by atoms with van der Waals surface area (Å²) in [7, 11) is 0. The minimum absolute atomic E-state index is 0.0748. The van der Waals surface area contributed by atoms with E-state index in [4.69, 9.17) is 0 Å². The van der Waals surface area contributed by atoms with Gasteiger partial charge in [0.05, 0.1) is 12.2 Å². The molecular weight excluding hydrogens is 316 g/mol. The Morgan fingerprint density at radius 2 is 1.88 bits per heavy atom. The largest absolute Gasteiger partial charge is 0.393 e. The molecule has 4 rings (SSSR count). The summed E-state index contributed by atoms with van der Waals surface area (Å²) in [5.74, 6) is 0.577. The van der Waals surface area contributed by atoms with E-state index < -0.39 is 12.2 Å². The average molecular weight is 346 g/mol. The van der Waals surface area contributed by atoms with E-state index in [0.29, 0.717) is 19.3 Å². The fourth-order valence-corrected chi connectivity index (χ4v) is 7.39. The molecule has 4 aliphatic rings.